The number of amides is 2. The molecular weight excluding hydrogens is 411 g/mol. The van der Waals surface area contributed by atoms with Gasteiger partial charge in [0.25, 0.3) is 0 Å². The molecule has 1 aliphatic rings. The van der Waals surface area contributed by atoms with Crippen LogP contribution in [0.4, 0.5) is 4.39 Å². The molecule has 1 aromatic rings. The van der Waals surface area contributed by atoms with Gasteiger partial charge in [-0.05, 0) is 24.5 Å². The summed E-state index contributed by atoms with van der Waals surface area (Å²) in [5.41, 5.74) is 0. The third kappa shape index (κ3) is 6.48. The smallest absolute Gasteiger partial charge is 0.244 e. The maximum atomic E-state index is 14.0. The van der Waals surface area contributed by atoms with Gasteiger partial charge in [0, 0.05) is 32.7 Å². The Morgan fingerprint density at radius 1 is 1.13 bits per heavy atom. The van der Waals surface area contributed by atoms with Crippen molar-refractivity contribution in [2.45, 2.75) is 38.1 Å². The molecule has 0 saturated carbocycles. The summed E-state index contributed by atoms with van der Waals surface area (Å²) in [6.45, 7) is 8.20. The SMILES string of the molecule is CCCNC(=O)CN1CCN(C(=O)[C@@H](NS(=O)(=O)c2ccccc2F)C(C)C)CC1. The maximum Gasteiger partial charge on any atom is 0.244 e. The van der Waals surface area contributed by atoms with E-state index in [1.165, 1.54) is 18.2 Å². The van der Waals surface area contributed by atoms with E-state index < -0.39 is 26.8 Å². The van der Waals surface area contributed by atoms with Crippen molar-refractivity contribution in [2.75, 3.05) is 39.3 Å². The van der Waals surface area contributed by atoms with E-state index in [9.17, 15) is 22.4 Å². The fraction of sp³-hybridized carbons (Fsp3) is 0.600. The number of halogens is 1. The number of nitrogens with zero attached hydrogens (tertiary/aromatic N) is 2. The molecule has 168 valence electrons. The molecule has 1 atom stereocenters. The lowest BCUT2D eigenvalue weighted by Gasteiger charge is -2.37. The van der Waals surface area contributed by atoms with Gasteiger partial charge in [0.15, 0.2) is 0 Å². The second-order valence-electron chi connectivity index (χ2n) is 7.72. The van der Waals surface area contributed by atoms with Gasteiger partial charge < -0.3 is 10.2 Å². The fourth-order valence-corrected chi connectivity index (χ4v) is 4.63. The van der Waals surface area contributed by atoms with Crippen LogP contribution in [-0.2, 0) is 19.6 Å². The summed E-state index contributed by atoms with van der Waals surface area (Å²) < 4.78 is 41.6. The summed E-state index contributed by atoms with van der Waals surface area (Å²) >= 11 is 0. The van der Waals surface area contributed by atoms with Gasteiger partial charge in [-0.25, -0.2) is 12.8 Å². The van der Waals surface area contributed by atoms with Crippen LogP contribution in [0.1, 0.15) is 27.2 Å². The Morgan fingerprint density at radius 2 is 1.77 bits per heavy atom. The average molecular weight is 443 g/mol. The molecule has 0 aromatic heterocycles. The molecule has 1 aliphatic heterocycles. The van der Waals surface area contributed by atoms with Gasteiger partial charge >= 0.3 is 0 Å². The summed E-state index contributed by atoms with van der Waals surface area (Å²) in [4.78, 5) is 27.9. The second-order valence-corrected chi connectivity index (χ2v) is 9.41. The highest BCUT2D eigenvalue weighted by molar-refractivity contribution is 7.89. The van der Waals surface area contributed by atoms with Crippen LogP contribution < -0.4 is 10.0 Å². The number of piperazine rings is 1. The molecule has 0 bridgehead atoms. The first kappa shape index (κ1) is 24.2. The van der Waals surface area contributed by atoms with E-state index in [-0.39, 0.29) is 24.3 Å². The van der Waals surface area contributed by atoms with Crippen LogP contribution in [0.2, 0.25) is 0 Å². The molecule has 1 heterocycles. The van der Waals surface area contributed by atoms with E-state index >= 15 is 0 Å². The summed E-state index contributed by atoms with van der Waals surface area (Å²) in [5, 5.41) is 2.82. The molecule has 0 aliphatic carbocycles. The van der Waals surface area contributed by atoms with Crippen LogP contribution in [0.25, 0.3) is 0 Å². The van der Waals surface area contributed by atoms with Crippen molar-refractivity contribution in [3.8, 4) is 0 Å². The van der Waals surface area contributed by atoms with Crippen molar-refractivity contribution < 1.29 is 22.4 Å². The maximum absolute atomic E-state index is 14.0. The lowest BCUT2D eigenvalue weighted by atomic mass is 10.0. The molecule has 10 heteroatoms. The molecule has 2 N–H and O–H groups in total. The van der Waals surface area contributed by atoms with Gasteiger partial charge in [0.1, 0.15) is 16.8 Å². The number of nitrogens with one attached hydrogen (secondary N) is 2. The first-order valence-electron chi connectivity index (χ1n) is 10.2. The topological polar surface area (TPSA) is 98.8 Å². The van der Waals surface area contributed by atoms with Gasteiger partial charge in [0.2, 0.25) is 21.8 Å². The van der Waals surface area contributed by atoms with Crippen molar-refractivity contribution in [1.29, 1.82) is 0 Å². The number of hydrogen-bond donors (Lipinski definition) is 2. The Labute approximate surface area is 177 Å². The zero-order valence-electron chi connectivity index (χ0n) is 17.7. The van der Waals surface area contributed by atoms with Crippen molar-refractivity contribution in [3.63, 3.8) is 0 Å². The highest BCUT2D eigenvalue weighted by Gasteiger charge is 2.34. The van der Waals surface area contributed by atoms with Crippen LogP contribution in [-0.4, -0.2) is 75.3 Å². The van der Waals surface area contributed by atoms with Crippen LogP contribution in [0.15, 0.2) is 29.2 Å². The van der Waals surface area contributed by atoms with E-state index in [0.29, 0.717) is 32.7 Å². The van der Waals surface area contributed by atoms with Crippen LogP contribution >= 0.6 is 0 Å². The number of rotatable bonds is 9. The first-order chi connectivity index (χ1) is 14.2. The molecule has 0 unspecified atom stereocenters. The van der Waals surface area contributed by atoms with Crippen LogP contribution in [0, 0.1) is 11.7 Å². The minimum absolute atomic E-state index is 0.0469. The van der Waals surface area contributed by atoms with Gasteiger partial charge in [-0.2, -0.15) is 4.72 Å². The molecular formula is C20H31FN4O4S. The summed E-state index contributed by atoms with van der Waals surface area (Å²) in [5.74, 6) is -1.58. The van der Waals surface area contributed by atoms with Crippen LogP contribution in [0.5, 0.6) is 0 Å². The van der Waals surface area contributed by atoms with Gasteiger partial charge in [0.05, 0.1) is 6.54 Å². The predicted molar refractivity (Wildman–Crippen MR) is 112 cm³/mol. The highest BCUT2D eigenvalue weighted by atomic mass is 32.2. The molecule has 1 fully saturated rings. The minimum atomic E-state index is -4.19. The van der Waals surface area contributed by atoms with Crippen molar-refractivity contribution >= 4 is 21.8 Å². The molecule has 2 amide bonds. The molecule has 0 radical (unpaired) electrons. The Balaban J connectivity index is 2.00. The van der Waals surface area contributed by atoms with Gasteiger partial charge in [-0.3, -0.25) is 14.5 Å². The quantitative estimate of drug-likeness (QED) is 0.589. The Kier molecular flexibility index (Phi) is 8.75. The summed E-state index contributed by atoms with van der Waals surface area (Å²) in [7, 11) is -4.19. The fourth-order valence-electron chi connectivity index (χ4n) is 3.21. The Bertz CT molecular complexity index is 839. The number of carbonyl (C=O) groups is 2. The number of carbonyl (C=O) groups excluding carboxylic acids is 2. The summed E-state index contributed by atoms with van der Waals surface area (Å²) in [6, 6.07) is 4.06. The van der Waals surface area contributed by atoms with E-state index in [0.717, 1.165) is 12.5 Å². The normalized spacial score (nSPS) is 16.5. The van der Waals surface area contributed by atoms with Gasteiger partial charge in [-0.1, -0.05) is 32.9 Å². The lowest BCUT2D eigenvalue weighted by Crippen LogP contribution is -2.57. The molecule has 2 rings (SSSR count). The monoisotopic (exact) mass is 442 g/mol. The average Bonchev–Trinajstić information content (AvgIpc) is 2.70. The number of hydrogen-bond acceptors (Lipinski definition) is 5. The van der Waals surface area contributed by atoms with E-state index in [1.807, 2.05) is 11.8 Å². The largest absolute Gasteiger partial charge is 0.355 e. The molecule has 8 nitrogen and oxygen atoms in total. The number of sulfonamides is 1. The van der Waals surface area contributed by atoms with Crippen molar-refractivity contribution in [3.05, 3.63) is 30.1 Å². The molecule has 1 aromatic carbocycles. The minimum Gasteiger partial charge on any atom is -0.355 e. The third-order valence-corrected chi connectivity index (χ3v) is 6.44. The zero-order valence-corrected chi connectivity index (χ0v) is 18.5. The first-order valence-corrected chi connectivity index (χ1v) is 11.7. The zero-order chi connectivity index (χ0) is 22.3. The van der Waals surface area contributed by atoms with Crippen molar-refractivity contribution in [1.82, 2.24) is 19.8 Å². The molecule has 30 heavy (non-hydrogen) atoms. The molecule has 1 saturated heterocycles. The highest BCUT2D eigenvalue weighted by Crippen LogP contribution is 2.17. The number of benzene rings is 1. The molecule has 0 spiro atoms. The van der Waals surface area contributed by atoms with Gasteiger partial charge in [-0.15, -0.1) is 0 Å². The Morgan fingerprint density at radius 3 is 2.33 bits per heavy atom. The predicted octanol–water partition coefficient (Wildman–Crippen LogP) is 0.799. The lowest BCUT2D eigenvalue weighted by molar-refractivity contribution is -0.136. The van der Waals surface area contributed by atoms with Crippen LogP contribution in [0.3, 0.4) is 0 Å². The standard InChI is InChI=1S/C20H31FN4O4S/c1-4-9-22-18(26)14-24-10-12-25(13-11-24)20(27)19(15(2)3)23-30(28,29)17-8-6-5-7-16(17)21/h5-8,15,19,23H,4,9-14H2,1-3H3,(H,22,26)/t19-/m0/s1. The van der Waals surface area contributed by atoms with E-state index in [4.69, 9.17) is 0 Å². The van der Waals surface area contributed by atoms with E-state index in [1.54, 1.807) is 18.7 Å². The van der Waals surface area contributed by atoms with E-state index in [2.05, 4.69) is 10.0 Å². The third-order valence-electron chi connectivity index (χ3n) is 4.96. The summed E-state index contributed by atoms with van der Waals surface area (Å²) in [6.07, 6.45) is 0.868. The second kappa shape index (κ2) is 10.8. The Hall–Kier alpha value is -2.04. The van der Waals surface area contributed by atoms with Crippen molar-refractivity contribution in [2.24, 2.45) is 5.92 Å².